The maximum atomic E-state index is 6.91. The quantitative estimate of drug-likeness (QED) is 0.190. The van der Waals surface area contributed by atoms with Crippen molar-refractivity contribution in [2.24, 2.45) is 9.98 Å². The lowest BCUT2D eigenvalue weighted by molar-refractivity contribution is 0.436. The summed E-state index contributed by atoms with van der Waals surface area (Å²) in [6.45, 7) is 0. The topological polar surface area (TPSA) is 46.0 Å². The van der Waals surface area contributed by atoms with Crippen LogP contribution in [0.1, 0.15) is 45.1 Å². The molecule has 4 heteroatoms. The molecule has 1 atom stereocenters. The van der Waals surface area contributed by atoms with Gasteiger partial charge in [-0.25, -0.2) is 9.98 Å². The van der Waals surface area contributed by atoms with Crippen molar-refractivity contribution in [3.05, 3.63) is 251 Å². The normalized spacial score (nSPS) is 15.4. The fraction of sp³-hybridized carbons (Fsp3) is 0.0357. The average molecular weight is 768 g/mol. The van der Waals surface area contributed by atoms with Gasteiger partial charge in [0, 0.05) is 27.8 Å². The smallest absolute Gasteiger partial charge is 0.170 e. The molecule has 0 saturated carbocycles. The summed E-state index contributed by atoms with van der Waals surface area (Å²) in [6.07, 6.45) is -0.482. The Balaban J connectivity index is 1.02. The van der Waals surface area contributed by atoms with Crippen molar-refractivity contribution >= 4 is 22.4 Å². The standard InChI is InChI=1S/C56H37N3O/c1-3-17-36(18-4-1)40-32-33-46(42-23-9-8-22-41(40)42)55-58-53(37-19-5-2-6-20-37)57-54(59-55)45-26-10-7-21-39(45)38-31-34-50-52(35-38)60-51-30-16-15-29-49(51)56(50)47-27-13-11-24-43(47)44-25-12-14-28-48(44)56/h1-35,55H,(H,57,58,59). The van der Waals surface area contributed by atoms with Crippen molar-refractivity contribution in [2.45, 2.75) is 11.6 Å². The van der Waals surface area contributed by atoms with Gasteiger partial charge in [0.2, 0.25) is 0 Å². The van der Waals surface area contributed by atoms with Crippen LogP contribution in [0.2, 0.25) is 0 Å². The number of nitrogens with zero attached hydrogens (tertiary/aromatic N) is 2. The average Bonchev–Trinajstić information content (AvgIpc) is 3.62. The summed E-state index contributed by atoms with van der Waals surface area (Å²) in [4.78, 5) is 10.8. The highest BCUT2D eigenvalue weighted by atomic mass is 16.5. The van der Waals surface area contributed by atoms with E-state index >= 15 is 0 Å². The zero-order valence-electron chi connectivity index (χ0n) is 32.6. The van der Waals surface area contributed by atoms with Crippen molar-refractivity contribution < 1.29 is 4.74 Å². The molecule has 1 unspecified atom stereocenters. The summed E-state index contributed by atoms with van der Waals surface area (Å²) in [6, 6.07) is 75.4. The van der Waals surface area contributed by atoms with Crippen LogP contribution in [0.25, 0.3) is 44.2 Å². The maximum absolute atomic E-state index is 6.91. The molecular formula is C56H37N3O. The lowest BCUT2D eigenvalue weighted by Crippen LogP contribution is -2.36. The van der Waals surface area contributed by atoms with Gasteiger partial charge in [0.05, 0.1) is 5.41 Å². The second-order valence-electron chi connectivity index (χ2n) is 15.6. The van der Waals surface area contributed by atoms with Crippen molar-refractivity contribution in [1.29, 1.82) is 0 Å². The summed E-state index contributed by atoms with van der Waals surface area (Å²) in [7, 11) is 0. The second kappa shape index (κ2) is 13.6. The van der Waals surface area contributed by atoms with Crippen molar-refractivity contribution in [1.82, 2.24) is 5.32 Å². The number of ether oxygens (including phenoxy) is 1. The summed E-state index contributed by atoms with van der Waals surface area (Å²) in [5.74, 6) is 3.26. The van der Waals surface area contributed by atoms with Crippen LogP contribution >= 0.6 is 0 Å². The third-order valence-corrected chi connectivity index (χ3v) is 12.4. The monoisotopic (exact) mass is 767 g/mol. The lowest BCUT2D eigenvalue weighted by Gasteiger charge is -2.39. The van der Waals surface area contributed by atoms with E-state index in [0.29, 0.717) is 0 Å². The Hall–Kier alpha value is -7.82. The molecule has 1 N–H and O–H groups in total. The molecule has 1 spiro atoms. The van der Waals surface area contributed by atoms with Gasteiger partial charge in [-0.15, -0.1) is 0 Å². The molecule has 1 aliphatic carbocycles. The highest BCUT2D eigenvalue weighted by molar-refractivity contribution is 6.18. The van der Waals surface area contributed by atoms with Crippen LogP contribution in [0.4, 0.5) is 0 Å². The molecule has 2 aliphatic heterocycles. The fourth-order valence-corrected chi connectivity index (χ4v) is 9.86. The molecule has 60 heavy (non-hydrogen) atoms. The molecule has 282 valence electrons. The molecule has 2 heterocycles. The first-order valence-electron chi connectivity index (χ1n) is 20.5. The van der Waals surface area contributed by atoms with Crippen LogP contribution in [0, 0.1) is 0 Å². The van der Waals surface area contributed by atoms with Crippen LogP contribution in [-0.4, -0.2) is 11.7 Å². The van der Waals surface area contributed by atoms with E-state index in [1.165, 1.54) is 38.8 Å². The predicted molar refractivity (Wildman–Crippen MR) is 244 cm³/mol. The van der Waals surface area contributed by atoms with Crippen LogP contribution in [0.3, 0.4) is 0 Å². The van der Waals surface area contributed by atoms with Crippen LogP contribution in [0.15, 0.2) is 222 Å². The molecule has 12 rings (SSSR count). The maximum Gasteiger partial charge on any atom is 0.170 e. The molecule has 9 aromatic carbocycles. The van der Waals surface area contributed by atoms with Gasteiger partial charge in [0.15, 0.2) is 6.17 Å². The minimum absolute atomic E-state index is 0.482. The molecule has 0 amide bonds. The Kier molecular flexibility index (Phi) is 7.79. The Morgan fingerprint density at radius 3 is 1.65 bits per heavy atom. The first-order valence-corrected chi connectivity index (χ1v) is 20.5. The predicted octanol–water partition coefficient (Wildman–Crippen LogP) is 13.1. The highest BCUT2D eigenvalue weighted by Crippen LogP contribution is 2.62. The number of para-hydroxylation sites is 1. The van der Waals surface area contributed by atoms with Gasteiger partial charge >= 0.3 is 0 Å². The number of hydrogen-bond acceptors (Lipinski definition) is 4. The Labute approximate surface area is 348 Å². The molecule has 0 bridgehead atoms. The Bertz CT molecular complexity index is 3180. The third-order valence-electron chi connectivity index (χ3n) is 12.4. The number of benzene rings is 9. The van der Waals surface area contributed by atoms with E-state index in [1.807, 2.05) is 6.07 Å². The molecule has 0 aromatic heterocycles. The van der Waals surface area contributed by atoms with E-state index in [-0.39, 0.29) is 0 Å². The van der Waals surface area contributed by atoms with Gasteiger partial charge in [-0.2, -0.15) is 0 Å². The molecule has 3 aliphatic rings. The summed E-state index contributed by atoms with van der Waals surface area (Å²) < 4.78 is 6.91. The number of aliphatic imine (C=N–C) groups is 2. The third kappa shape index (κ3) is 5.17. The van der Waals surface area contributed by atoms with Crippen molar-refractivity contribution in [2.75, 3.05) is 0 Å². The molecule has 9 aromatic rings. The van der Waals surface area contributed by atoms with Crippen molar-refractivity contribution in [3.63, 3.8) is 0 Å². The largest absolute Gasteiger partial charge is 0.457 e. The number of hydrogen-bond donors (Lipinski definition) is 1. The van der Waals surface area contributed by atoms with E-state index < -0.39 is 11.6 Å². The van der Waals surface area contributed by atoms with E-state index in [2.05, 4.69) is 212 Å². The van der Waals surface area contributed by atoms with Crippen LogP contribution in [-0.2, 0) is 5.41 Å². The molecule has 0 fully saturated rings. The van der Waals surface area contributed by atoms with Crippen LogP contribution in [0.5, 0.6) is 11.5 Å². The van der Waals surface area contributed by atoms with Gasteiger partial charge in [-0.05, 0) is 67.4 Å². The molecule has 4 nitrogen and oxygen atoms in total. The summed E-state index contributed by atoms with van der Waals surface area (Å²) in [5, 5.41) is 6.00. The zero-order valence-corrected chi connectivity index (χ0v) is 32.6. The van der Waals surface area contributed by atoms with E-state index in [1.54, 1.807) is 0 Å². The van der Waals surface area contributed by atoms with Crippen molar-refractivity contribution in [3.8, 4) is 44.9 Å². The SMILES string of the molecule is c1ccc(C2=NC(c3ccc(-c4ccccc4)c4ccccc34)N=C(c3ccccc3-c3ccc4c(c3)Oc3ccccc3C43c4ccccc4-c4ccccc43)N2)cc1. The molecular weight excluding hydrogens is 731 g/mol. The van der Waals surface area contributed by atoms with Crippen LogP contribution < -0.4 is 10.1 Å². The van der Waals surface area contributed by atoms with Gasteiger partial charge in [-0.3, -0.25) is 0 Å². The first-order chi connectivity index (χ1) is 29.8. The van der Waals surface area contributed by atoms with Gasteiger partial charge in [-0.1, -0.05) is 200 Å². The van der Waals surface area contributed by atoms with E-state index in [0.717, 1.165) is 67.5 Å². The molecule has 0 saturated heterocycles. The number of rotatable bonds is 5. The number of nitrogens with one attached hydrogen (secondary N) is 1. The van der Waals surface area contributed by atoms with E-state index in [4.69, 9.17) is 14.7 Å². The summed E-state index contributed by atoms with van der Waals surface area (Å²) >= 11 is 0. The van der Waals surface area contributed by atoms with Gasteiger partial charge in [0.25, 0.3) is 0 Å². The first kappa shape index (κ1) is 34.2. The highest BCUT2D eigenvalue weighted by Gasteiger charge is 2.51. The Morgan fingerprint density at radius 2 is 0.917 bits per heavy atom. The minimum atomic E-state index is -0.516. The summed E-state index contributed by atoms with van der Waals surface area (Å²) in [5.41, 5.74) is 14.4. The number of fused-ring (bicyclic) bond motifs is 10. The Morgan fingerprint density at radius 1 is 0.367 bits per heavy atom. The van der Waals surface area contributed by atoms with E-state index in [9.17, 15) is 0 Å². The second-order valence-corrected chi connectivity index (χ2v) is 15.6. The molecule has 0 radical (unpaired) electrons. The zero-order chi connectivity index (χ0) is 39.6. The van der Waals surface area contributed by atoms with Gasteiger partial charge in [0.1, 0.15) is 23.2 Å². The fourth-order valence-electron chi connectivity index (χ4n) is 9.86. The van der Waals surface area contributed by atoms with Gasteiger partial charge < -0.3 is 10.1 Å². The number of amidine groups is 2. The minimum Gasteiger partial charge on any atom is -0.457 e. The lowest BCUT2D eigenvalue weighted by atomic mass is 9.66.